The van der Waals surface area contributed by atoms with Gasteiger partial charge in [-0.25, -0.2) is 4.52 Å². The van der Waals surface area contributed by atoms with E-state index in [1.807, 2.05) is 30.6 Å². The van der Waals surface area contributed by atoms with E-state index < -0.39 is 0 Å². The summed E-state index contributed by atoms with van der Waals surface area (Å²) in [6.45, 7) is 0. The van der Waals surface area contributed by atoms with Crippen LogP contribution in [0.4, 0.5) is 0 Å². The van der Waals surface area contributed by atoms with Gasteiger partial charge in [0, 0.05) is 34.6 Å². The summed E-state index contributed by atoms with van der Waals surface area (Å²) in [5.74, 6) is 0. The summed E-state index contributed by atoms with van der Waals surface area (Å²) in [4.78, 5) is 0.887. The lowest BCUT2D eigenvalue weighted by Crippen LogP contribution is -1.92. The second kappa shape index (κ2) is 5.55. The molecule has 0 radical (unpaired) electrons. The van der Waals surface area contributed by atoms with Crippen LogP contribution in [0.3, 0.4) is 0 Å². The maximum atomic E-state index is 9.31. The first-order valence-corrected chi connectivity index (χ1v) is 7.53. The standard InChI is InChI=1S/C15H9N7S/c16-5-11-8-20-22-9-10(12-6-18-19-7-12)4-13(15(11)22)23-14-2-1-3-17-21-14/h1-4,6-9H,(H,18,19). The van der Waals surface area contributed by atoms with Crippen molar-refractivity contribution in [1.82, 2.24) is 30.0 Å². The molecular weight excluding hydrogens is 310 g/mol. The van der Waals surface area contributed by atoms with Gasteiger partial charge in [0.15, 0.2) is 0 Å². The molecule has 0 spiro atoms. The van der Waals surface area contributed by atoms with Gasteiger partial charge >= 0.3 is 0 Å². The van der Waals surface area contributed by atoms with Gasteiger partial charge in [-0.05, 0) is 18.2 Å². The zero-order valence-corrected chi connectivity index (χ0v) is 12.5. The van der Waals surface area contributed by atoms with Crippen molar-refractivity contribution in [1.29, 1.82) is 5.26 Å². The topological polar surface area (TPSA) is 95.6 Å². The number of nitrogens with zero attached hydrogens (tertiary/aromatic N) is 6. The normalized spacial score (nSPS) is 10.7. The zero-order valence-electron chi connectivity index (χ0n) is 11.7. The minimum Gasteiger partial charge on any atom is -0.285 e. The lowest BCUT2D eigenvalue weighted by Gasteiger charge is -2.07. The largest absolute Gasteiger partial charge is 0.285 e. The summed E-state index contributed by atoms with van der Waals surface area (Å²) in [5, 5.41) is 29.1. The van der Waals surface area contributed by atoms with Crippen LogP contribution in [0.2, 0.25) is 0 Å². The first-order chi connectivity index (χ1) is 11.3. The Hall–Kier alpha value is -3.18. The second-order valence-electron chi connectivity index (χ2n) is 4.71. The number of pyridine rings is 1. The molecular formula is C15H9N7S. The van der Waals surface area contributed by atoms with E-state index in [4.69, 9.17) is 0 Å². The molecule has 1 N–H and O–H groups in total. The van der Waals surface area contributed by atoms with Gasteiger partial charge in [0.25, 0.3) is 0 Å². The number of H-pyrrole nitrogens is 1. The van der Waals surface area contributed by atoms with E-state index in [1.54, 1.807) is 23.1 Å². The zero-order chi connectivity index (χ0) is 15.6. The molecule has 23 heavy (non-hydrogen) atoms. The van der Waals surface area contributed by atoms with Crippen LogP contribution >= 0.6 is 11.8 Å². The van der Waals surface area contributed by atoms with E-state index >= 15 is 0 Å². The summed E-state index contributed by atoms with van der Waals surface area (Å²) in [6, 6.07) is 7.88. The highest BCUT2D eigenvalue weighted by molar-refractivity contribution is 7.99. The molecule has 0 aliphatic heterocycles. The molecule has 0 atom stereocenters. The van der Waals surface area contributed by atoms with Gasteiger partial charge in [0.1, 0.15) is 11.1 Å². The average molecular weight is 319 g/mol. The maximum absolute atomic E-state index is 9.31. The van der Waals surface area contributed by atoms with Gasteiger partial charge in [-0.2, -0.15) is 20.6 Å². The molecule has 0 saturated carbocycles. The fourth-order valence-electron chi connectivity index (χ4n) is 2.27. The van der Waals surface area contributed by atoms with Gasteiger partial charge in [-0.1, -0.05) is 11.8 Å². The van der Waals surface area contributed by atoms with E-state index in [-0.39, 0.29) is 0 Å². The molecule has 0 aliphatic carbocycles. The first-order valence-electron chi connectivity index (χ1n) is 6.71. The number of hydrogen-bond acceptors (Lipinski definition) is 6. The molecule has 0 amide bonds. The predicted octanol–water partition coefficient (Wildman–Crippen LogP) is 2.54. The minimum atomic E-state index is 0.523. The third kappa shape index (κ3) is 2.43. The second-order valence-corrected chi connectivity index (χ2v) is 5.77. The van der Waals surface area contributed by atoms with E-state index in [0.29, 0.717) is 5.56 Å². The number of nitriles is 1. The summed E-state index contributed by atoms with van der Waals surface area (Å²) in [5.41, 5.74) is 3.18. The van der Waals surface area contributed by atoms with E-state index in [2.05, 4.69) is 31.6 Å². The van der Waals surface area contributed by atoms with Crippen molar-refractivity contribution in [3.8, 4) is 17.2 Å². The summed E-state index contributed by atoms with van der Waals surface area (Å²) >= 11 is 1.45. The van der Waals surface area contributed by atoms with Gasteiger partial charge in [-0.3, -0.25) is 5.10 Å². The van der Waals surface area contributed by atoms with Crippen LogP contribution in [0.5, 0.6) is 0 Å². The Morgan fingerprint density at radius 3 is 2.96 bits per heavy atom. The summed E-state index contributed by atoms with van der Waals surface area (Å²) < 4.78 is 1.71. The molecule has 0 saturated heterocycles. The molecule has 110 valence electrons. The van der Waals surface area contributed by atoms with E-state index in [9.17, 15) is 5.26 Å². The number of rotatable bonds is 3. The van der Waals surface area contributed by atoms with Crippen molar-refractivity contribution in [2.24, 2.45) is 0 Å². The van der Waals surface area contributed by atoms with Gasteiger partial charge in [0.05, 0.1) is 23.5 Å². The van der Waals surface area contributed by atoms with Crippen LogP contribution in [0.1, 0.15) is 5.56 Å². The van der Waals surface area contributed by atoms with Gasteiger partial charge in [0.2, 0.25) is 0 Å². The molecule has 7 nitrogen and oxygen atoms in total. The molecule has 8 heteroatoms. The van der Waals surface area contributed by atoms with Crippen LogP contribution in [0, 0.1) is 11.3 Å². The average Bonchev–Trinajstić information content (AvgIpc) is 3.25. The van der Waals surface area contributed by atoms with Gasteiger partial charge in [-0.15, -0.1) is 5.10 Å². The number of nitrogens with one attached hydrogen (secondary N) is 1. The van der Waals surface area contributed by atoms with Gasteiger partial charge < -0.3 is 0 Å². The Morgan fingerprint density at radius 1 is 1.26 bits per heavy atom. The molecule has 0 bridgehead atoms. The Labute approximate surface area is 135 Å². The van der Waals surface area contributed by atoms with Crippen molar-refractivity contribution in [2.75, 3.05) is 0 Å². The Bertz CT molecular complexity index is 1000. The minimum absolute atomic E-state index is 0.523. The van der Waals surface area contributed by atoms with Crippen molar-refractivity contribution in [3.05, 3.63) is 54.7 Å². The van der Waals surface area contributed by atoms with Crippen LogP contribution in [0.25, 0.3) is 16.6 Å². The highest BCUT2D eigenvalue weighted by Crippen LogP contribution is 2.34. The summed E-state index contributed by atoms with van der Waals surface area (Å²) in [7, 11) is 0. The summed E-state index contributed by atoms with van der Waals surface area (Å²) in [6.07, 6.45) is 8.62. The predicted molar refractivity (Wildman–Crippen MR) is 83.6 cm³/mol. The highest BCUT2D eigenvalue weighted by atomic mass is 32.2. The quantitative estimate of drug-likeness (QED) is 0.623. The highest BCUT2D eigenvalue weighted by Gasteiger charge is 2.14. The molecule has 0 aromatic carbocycles. The van der Waals surface area contributed by atoms with Crippen LogP contribution < -0.4 is 0 Å². The molecule has 4 aromatic rings. The monoisotopic (exact) mass is 319 g/mol. The smallest absolute Gasteiger partial charge is 0.124 e. The molecule has 0 unspecified atom stereocenters. The first kappa shape index (κ1) is 13.5. The Morgan fingerprint density at radius 2 is 2.22 bits per heavy atom. The fourth-order valence-corrected chi connectivity index (χ4v) is 3.21. The lowest BCUT2D eigenvalue weighted by molar-refractivity contribution is 0.926. The van der Waals surface area contributed by atoms with Crippen molar-refractivity contribution in [3.63, 3.8) is 0 Å². The Balaban J connectivity index is 1.92. The molecule has 0 aliphatic rings. The van der Waals surface area contributed by atoms with Crippen molar-refractivity contribution < 1.29 is 0 Å². The lowest BCUT2D eigenvalue weighted by atomic mass is 10.1. The molecule has 0 fully saturated rings. The van der Waals surface area contributed by atoms with Crippen LogP contribution in [0.15, 0.2) is 59.1 Å². The SMILES string of the molecule is N#Cc1cnn2cc(-c3cn[nH]c3)cc(Sc3cccnn3)c12. The Kier molecular flexibility index (Phi) is 3.25. The molecule has 4 aromatic heterocycles. The fraction of sp³-hybridized carbons (Fsp3) is 0. The molecule has 4 rings (SSSR count). The van der Waals surface area contributed by atoms with E-state index in [0.717, 1.165) is 26.6 Å². The van der Waals surface area contributed by atoms with E-state index in [1.165, 1.54) is 11.8 Å². The maximum Gasteiger partial charge on any atom is 0.124 e. The number of aromatic amines is 1. The third-order valence-corrected chi connectivity index (χ3v) is 4.25. The molecule has 4 heterocycles. The van der Waals surface area contributed by atoms with Crippen molar-refractivity contribution in [2.45, 2.75) is 9.92 Å². The number of hydrogen-bond donors (Lipinski definition) is 1. The number of fused-ring (bicyclic) bond motifs is 1. The van der Waals surface area contributed by atoms with Crippen molar-refractivity contribution >= 4 is 17.3 Å². The number of aromatic nitrogens is 6. The van der Waals surface area contributed by atoms with Crippen LogP contribution in [-0.4, -0.2) is 30.0 Å². The van der Waals surface area contributed by atoms with Crippen LogP contribution in [-0.2, 0) is 0 Å². The third-order valence-electron chi connectivity index (χ3n) is 3.29.